The average molecular weight is 441 g/mol. The number of anilines is 1. The molecule has 30 heavy (non-hydrogen) atoms. The fourth-order valence-corrected chi connectivity index (χ4v) is 4.98. The van der Waals surface area contributed by atoms with Crippen LogP contribution in [0.3, 0.4) is 0 Å². The third-order valence-electron chi connectivity index (χ3n) is 4.91. The molecule has 3 aromatic rings. The first-order valence-corrected chi connectivity index (χ1v) is 11.3. The Labute approximate surface area is 182 Å². The Morgan fingerprint density at radius 1 is 1.03 bits per heavy atom. The van der Waals surface area contributed by atoms with Gasteiger partial charge < -0.3 is 15.0 Å². The van der Waals surface area contributed by atoms with E-state index in [4.69, 9.17) is 4.74 Å². The van der Waals surface area contributed by atoms with Crippen molar-refractivity contribution in [3.05, 3.63) is 74.6 Å². The molecule has 1 unspecified atom stereocenters. The van der Waals surface area contributed by atoms with E-state index in [1.165, 1.54) is 11.3 Å². The number of hydrogen-bond donors (Lipinski definition) is 1. The Morgan fingerprint density at radius 2 is 1.83 bits per heavy atom. The maximum atomic E-state index is 12.7. The molecule has 8 heteroatoms. The summed E-state index contributed by atoms with van der Waals surface area (Å²) in [6.45, 7) is 0.334. The van der Waals surface area contributed by atoms with Crippen LogP contribution >= 0.6 is 22.7 Å². The zero-order valence-corrected chi connectivity index (χ0v) is 17.7. The van der Waals surface area contributed by atoms with Gasteiger partial charge in [-0.1, -0.05) is 24.3 Å². The van der Waals surface area contributed by atoms with Crippen LogP contribution in [0.25, 0.3) is 0 Å². The second-order valence-electron chi connectivity index (χ2n) is 6.81. The number of ether oxygens (including phenoxy) is 1. The Kier molecular flexibility index (Phi) is 6.25. The fourth-order valence-electron chi connectivity index (χ4n) is 3.49. The molecule has 2 aromatic heterocycles. The number of amides is 2. The highest BCUT2D eigenvalue weighted by molar-refractivity contribution is 7.12. The van der Waals surface area contributed by atoms with E-state index < -0.39 is 5.97 Å². The van der Waals surface area contributed by atoms with Crippen LogP contribution in [-0.4, -0.2) is 35.8 Å². The van der Waals surface area contributed by atoms with Crippen LogP contribution in [0.5, 0.6) is 0 Å². The van der Waals surface area contributed by atoms with Crippen molar-refractivity contribution in [3.8, 4) is 0 Å². The highest BCUT2D eigenvalue weighted by Gasteiger charge is 2.31. The van der Waals surface area contributed by atoms with Gasteiger partial charge in [0.1, 0.15) is 0 Å². The van der Waals surface area contributed by atoms with E-state index in [0.29, 0.717) is 17.1 Å². The molecule has 1 aromatic carbocycles. The lowest BCUT2D eigenvalue weighted by atomic mass is 10.1. The summed E-state index contributed by atoms with van der Waals surface area (Å²) in [5.74, 6) is -1.14. The number of nitrogens with zero attached hydrogens (tertiary/aromatic N) is 1. The molecule has 0 bridgehead atoms. The van der Waals surface area contributed by atoms with E-state index >= 15 is 0 Å². The minimum atomic E-state index is -0.641. The molecule has 0 spiro atoms. The molecular formula is C22H20N2O4S2. The normalized spacial score (nSPS) is 15.7. The molecule has 2 amide bonds. The number of para-hydroxylation sites is 1. The molecule has 3 heterocycles. The minimum absolute atomic E-state index is 0.0496. The zero-order valence-electron chi connectivity index (χ0n) is 16.1. The van der Waals surface area contributed by atoms with Gasteiger partial charge in [0, 0.05) is 11.4 Å². The van der Waals surface area contributed by atoms with E-state index in [9.17, 15) is 14.4 Å². The summed E-state index contributed by atoms with van der Waals surface area (Å²) in [5.41, 5.74) is 0.567. The lowest BCUT2D eigenvalue weighted by Gasteiger charge is -2.23. The molecule has 0 saturated carbocycles. The fraction of sp³-hybridized carbons (Fsp3) is 0.227. The van der Waals surface area contributed by atoms with Gasteiger partial charge in [-0.2, -0.15) is 0 Å². The topological polar surface area (TPSA) is 75.7 Å². The second kappa shape index (κ2) is 9.23. The molecule has 4 rings (SSSR count). The van der Waals surface area contributed by atoms with Crippen LogP contribution < -0.4 is 5.32 Å². The van der Waals surface area contributed by atoms with Crippen molar-refractivity contribution in [3.63, 3.8) is 0 Å². The van der Waals surface area contributed by atoms with Gasteiger partial charge in [-0.3, -0.25) is 9.59 Å². The number of nitrogens with one attached hydrogen (secondary N) is 1. The summed E-state index contributed by atoms with van der Waals surface area (Å²) in [7, 11) is 0. The molecule has 154 valence electrons. The smallest absolute Gasteiger partial charge is 0.340 e. The molecule has 1 fully saturated rings. The number of thiophene rings is 2. The van der Waals surface area contributed by atoms with Crippen molar-refractivity contribution in [1.29, 1.82) is 0 Å². The van der Waals surface area contributed by atoms with Crippen LogP contribution in [0.15, 0.2) is 59.3 Å². The number of hydrogen-bond acceptors (Lipinski definition) is 6. The zero-order chi connectivity index (χ0) is 20.9. The van der Waals surface area contributed by atoms with Crippen molar-refractivity contribution >= 4 is 46.1 Å². The molecule has 0 radical (unpaired) electrons. The largest absolute Gasteiger partial charge is 0.452 e. The summed E-state index contributed by atoms with van der Waals surface area (Å²) < 4.78 is 5.31. The van der Waals surface area contributed by atoms with Crippen molar-refractivity contribution in [2.24, 2.45) is 0 Å². The predicted octanol–water partition coefficient (Wildman–Crippen LogP) is 4.58. The van der Waals surface area contributed by atoms with Gasteiger partial charge >= 0.3 is 5.97 Å². The molecule has 1 aliphatic heterocycles. The number of esters is 1. The third kappa shape index (κ3) is 4.44. The van der Waals surface area contributed by atoms with Crippen molar-refractivity contribution < 1.29 is 19.1 Å². The summed E-state index contributed by atoms with van der Waals surface area (Å²) in [4.78, 5) is 41.1. The molecule has 1 N–H and O–H groups in total. The van der Waals surface area contributed by atoms with Crippen LogP contribution in [0, 0.1) is 0 Å². The Balaban J connectivity index is 1.39. The maximum Gasteiger partial charge on any atom is 0.340 e. The summed E-state index contributed by atoms with van der Waals surface area (Å²) in [6.07, 6.45) is 1.84. The van der Waals surface area contributed by atoms with Crippen LogP contribution in [0.1, 0.15) is 43.8 Å². The van der Waals surface area contributed by atoms with E-state index in [1.54, 1.807) is 52.6 Å². The Bertz CT molecular complexity index is 1030. The molecular weight excluding hydrogens is 420 g/mol. The lowest BCUT2D eigenvalue weighted by Crippen LogP contribution is -2.34. The first-order chi connectivity index (χ1) is 14.6. The number of likely N-dealkylation sites (tertiary alicyclic amines) is 1. The van der Waals surface area contributed by atoms with Gasteiger partial charge in [0.2, 0.25) is 0 Å². The van der Waals surface area contributed by atoms with Gasteiger partial charge in [-0.15, -0.1) is 22.7 Å². The summed E-state index contributed by atoms with van der Waals surface area (Å²) >= 11 is 2.94. The SMILES string of the molecule is O=C(Nc1ccccc1C(=O)OCC(=O)N1CCCC1c1cccs1)c1cccs1. The van der Waals surface area contributed by atoms with Gasteiger partial charge in [0.15, 0.2) is 6.61 Å². The quantitative estimate of drug-likeness (QED) is 0.569. The van der Waals surface area contributed by atoms with E-state index in [2.05, 4.69) is 5.32 Å². The standard InChI is InChI=1S/C22H20N2O4S2/c25-20(24-11-3-8-17(24)18-9-4-12-29-18)14-28-22(27)15-6-1-2-7-16(15)23-21(26)19-10-5-13-30-19/h1-2,4-7,9-10,12-13,17H,3,8,11,14H2,(H,23,26). The number of carbonyl (C=O) groups excluding carboxylic acids is 3. The predicted molar refractivity (Wildman–Crippen MR) is 117 cm³/mol. The van der Waals surface area contributed by atoms with Crippen molar-refractivity contribution in [2.75, 3.05) is 18.5 Å². The second-order valence-corrected chi connectivity index (χ2v) is 8.74. The van der Waals surface area contributed by atoms with E-state index in [1.807, 2.05) is 22.9 Å². The molecule has 6 nitrogen and oxygen atoms in total. The molecule has 1 atom stereocenters. The van der Waals surface area contributed by atoms with Crippen LogP contribution in [0.4, 0.5) is 5.69 Å². The Hall–Kier alpha value is -2.97. The third-order valence-corrected chi connectivity index (χ3v) is 6.75. The Morgan fingerprint density at radius 3 is 2.60 bits per heavy atom. The van der Waals surface area contributed by atoms with Gasteiger partial charge in [0.05, 0.1) is 22.2 Å². The number of rotatable bonds is 6. The summed E-state index contributed by atoms with van der Waals surface area (Å²) in [6, 6.07) is 14.2. The molecule has 1 aliphatic rings. The first-order valence-electron chi connectivity index (χ1n) is 9.57. The van der Waals surface area contributed by atoms with Gasteiger partial charge in [-0.05, 0) is 47.9 Å². The molecule has 0 aliphatic carbocycles. The summed E-state index contributed by atoms with van der Waals surface area (Å²) in [5, 5.41) is 6.54. The van der Waals surface area contributed by atoms with Gasteiger partial charge in [-0.25, -0.2) is 4.79 Å². The monoisotopic (exact) mass is 440 g/mol. The number of carbonyl (C=O) groups is 3. The molecule has 1 saturated heterocycles. The number of benzene rings is 1. The van der Waals surface area contributed by atoms with Crippen LogP contribution in [-0.2, 0) is 9.53 Å². The maximum absolute atomic E-state index is 12.7. The minimum Gasteiger partial charge on any atom is -0.452 e. The highest BCUT2D eigenvalue weighted by Crippen LogP contribution is 2.34. The van der Waals surface area contributed by atoms with Gasteiger partial charge in [0.25, 0.3) is 11.8 Å². The average Bonchev–Trinajstić information content (AvgIpc) is 3.53. The van der Waals surface area contributed by atoms with Crippen molar-refractivity contribution in [2.45, 2.75) is 18.9 Å². The lowest BCUT2D eigenvalue weighted by molar-refractivity contribution is -0.135. The highest BCUT2D eigenvalue weighted by atomic mass is 32.1. The first kappa shape index (κ1) is 20.3. The van der Waals surface area contributed by atoms with E-state index in [-0.39, 0.29) is 30.0 Å². The van der Waals surface area contributed by atoms with E-state index in [0.717, 1.165) is 17.7 Å². The van der Waals surface area contributed by atoms with Crippen molar-refractivity contribution in [1.82, 2.24) is 4.90 Å². The van der Waals surface area contributed by atoms with Crippen LogP contribution in [0.2, 0.25) is 0 Å².